The number of nitrogens with zero attached hydrogens (tertiary/aromatic N) is 4. The van der Waals surface area contributed by atoms with Crippen LogP contribution < -0.4 is 15.2 Å². The molecule has 0 bridgehead atoms. The molecule has 0 fully saturated rings. The first-order valence-electron chi connectivity index (χ1n) is 10.0. The molecule has 0 saturated heterocycles. The predicted octanol–water partition coefficient (Wildman–Crippen LogP) is 2.22. The molecule has 0 saturated carbocycles. The summed E-state index contributed by atoms with van der Waals surface area (Å²) in [6.45, 7) is 3.16. The summed E-state index contributed by atoms with van der Waals surface area (Å²) in [5.74, 6) is 0.623. The normalized spacial score (nSPS) is 21.5. The van der Waals surface area contributed by atoms with Crippen molar-refractivity contribution in [3.8, 4) is 5.88 Å². The number of anilines is 1. The number of pyridine rings is 1. The van der Waals surface area contributed by atoms with Crippen molar-refractivity contribution in [3.05, 3.63) is 28.7 Å². The van der Waals surface area contributed by atoms with Crippen LogP contribution in [0.2, 0.25) is 0 Å². The molecule has 29 heavy (non-hydrogen) atoms. The number of carbonyl (C=O) groups is 1. The fourth-order valence-corrected chi connectivity index (χ4v) is 5.44. The van der Waals surface area contributed by atoms with Gasteiger partial charge in [-0.25, -0.2) is 18.8 Å². The molecule has 2 amide bonds. The standard InChI is InChI=1S/C19H24N6O3S/c1-11-9-25-18(28-10-11)16(8-21-25)29(20,27)24-19(26)23-17-12-4-2-6-14(12)22-15-7-3-5-13(15)17/h8,11H,2-7,9-10H2,1H3,(H3,20,22,23,24,26,27). The van der Waals surface area contributed by atoms with Crippen LogP contribution in [0.3, 0.4) is 0 Å². The van der Waals surface area contributed by atoms with Crippen LogP contribution in [0.25, 0.3) is 0 Å². The third kappa shape index (κ3) is 3.20. The molecular formula is C19H24N6O3S. The average Bonchev–Trinajstić information content (AvgIpc) is 3.39. The van der Waals surface area contributed by atoms with E-state index in [2.05, 4.69) is 14.8 Å². The number of fused-ring (bicyclic) bond motifs is 3. The summed E-state index contributed by atoms with van der Waals surface area (Å²) >= 11 is 0. The highest BCUT2D eigenvalue weighted by Crippen LogP contribution is 2.37. The Morgan fingerprint density at radius 3 is 2.66 bits per heavy atom. The van der Waals surface area contributed by atoms with Gasteiger partial charge < -0.3 is 10.1 Å². The summed E-state index contributed by atoms with van der Waals surface area (Å²) in [6, 6.07) is -0.712. The van der Waals surface area contributed by atoms with Gasteiger partial charge in [0.05, 0.1) is 25.0 Å². The summed E-state index contributed by atoms with van der Waals surface area (Å²) in [5.41, 5.74) is 5.08. The lowest BCUT2D eigenvalue weighted by Gasteiger charge is -2.21. The first kappa shape index (κ1) is 18.6. The number of nitrogens with two attached hydrogens (primary N) is 1. The smallest absolute Gasteiger partial charge is 0.354 e. The third-order valence-corrected chi connectivity index (χ3v) is 7.11. The van der Waals surface area contributed by atoms with Crippen molar-refractivity contribution in [1.29, 1.82) is 0 Å². The van der Waals surface area contributed by atoms with Gasteiger partial charge in [0, 0.05) is 17.3 Å². The molecule has 3 heterocycles. The molecule has 2 aromatic heterocycles. The fraction of sp³-hybridized carbons (Fsp3) is 0.526. The van der Waals surface area contributed by atoms with Crippen LogP contribution in [-0.2, 0) is 42.1 Å². The Bertz CT molecular complexity index is 1100. The largest absolute Gasteiger partial charge is 0.477 e. The lowest BCUT2D eigenvalue weighted by atomic mass is 10.1. The number of amides is 2. The first-order chi connectivity index (χ1) is 13.9. The Hall–Kier alpha value is -2.46. The van der Waals surface area contributed by atoms with E-state index in [9.17, 15) is 9.00 Å². The third-order valence-electron chi connectivity index (χ3n) is 5.77. The van der Waals surface area contributed by atoms with Crippen molar-refractivity contribution in [2.45, 2.75) is 56.9 Å². The van der Waals surface area contributed by atoms with Gasteiger partial charge in [0.2, 0.25) is 5.88 Å². The molecule has 5 rings (SSSR count). The van der Waals surface area contributed by atoms with Gasteiger partial charge in [-0.05, 0) is 49.7 Å². The first-order valence-corrected chi connectivity index (χ1v) is 11.6. The molecule has 2 atom stereocenters. The predicted molar refractivity (Wildman–Crippen MR) is 107 cm³/mol. The lowest BCUT2D eigenvalue weighted by Crippen LogP contribution is -2.25. The zero-order chi connectivity index (χ0) is 20.2. The number of aromatic nitrogens is 3. The molecule has 10 heteroatoms. The number of hydrogen-bond donors (Lipinski definition) is 2. The molecule has 3 N–H and O–H groups in total. The maximum Gasteiger partial charge on any atom is 0.354 e. The van der Waals surface area contributed by atoms with Gasteiger partial charge in [-0.15, -0.1) is 4.36 Å². The van der Waals surface area contributed by atoms with Crippen LogP contribution in [0.1, 0.15) is 42.3 Å². The van der Waals surface area contributed by atoms with Crippen molar-refractivity contribution in [2.24, 2.45) is 15.4 Å². The number of urea groups is 1. The molecule has 9 nitrogen and oxygen atoms in total. The second kappa shape index (κ2) is 6.81. The van der Waals surface area contributed by atoms with Crippen molar-refractivity contribution >= 4 is 21.6 Å². The number of rotatable bonds is 2. The number of aryl methyl sites for hydroxylation is 2. The molecule has 3 aliphatic rings. The van der Waals surface area contributed by atoms with Gasteiger partial charge in [-0.3, -0.25) is 4.98 Å². The summed E-state index contributed by atoms with van der Waals surface area (Å²) < 4.78 is 24.2. The molecule has 1 aliphatic heterocycles. The summed E-state index contributed by atoms with van der Waals surface area (Å²) in [7, 11) is -3.48. The zero-order valence-corrected chi connectivity index (χ0v) is 17.1. The van der Waals surface area contributed by atoms with Crippen molar-refractivity contribution in [3.63, 3.8) is 0 Å². The number of hydrogen-bond acceptors (Lipinski definition) is 5. The summed E-state index contributed by atoms with van der Waals surface area (Å²) in [6.07, 6.45) is 7.05. The fourth-order valence-electron chi connectivity index (χ4n) is 4.44. The molecule has 154 valence electrons. The van der Waals surface area contributed by atoms with Gasteiger partial charge in [0.1, 0.15) is 4.90 Å². The number of ether oxygens (including phenoxy) is 1. The lowest BCUT2D eigenvalue weighted by molar-refractivity contribution is 0.171. The molecule has 2 aliphatic carbocycles. The van der Waals surface area contributed by atoms with Gasteiger partial charge in [0.15, 0.2) is 9.92 Å². The Kier molecular flexibility index (Phi) is 4.36. The van der Waals surface area contributed by atoms with E-state index in [1.807, 2.05) is 6.92 Å². The second-order valence-corrected chi connectivity index (χ2v) is 9.81. The van der Waals surface area contributed by atoms with Crippen LogP contribution >= 0.6 is 0 Å². The van der Waals surface area contributed by atoms with E-state index in [1.54, 1.807) is 4.68 Å². The Morgan fingerprint density at radius 1 is 1.28 bits per heavy atom. The molecule has 0 spiro atoms. The summed E-state index contributed by atoms with van der Waals surface area (Å²) in [4.78, 5) is 17.7. The highest BCUT2D eigenvalue weighted by Gasteiger charge is 2.28. The highest BCUT2D eigenvalue weighted by atomic mass is 32.2. The van der Waals surface area contributed by atoms with Crippen molar-refractivity contribution in [1.82, 2.24) is 14.8 Å². The maximum absolute atomic E-state index is 13.1. The van der Waals surface area contributed by atoms with Crippen LogP contribution in [0, 0.1) is 5.92 Å². The van der Waals surface area contributed by atoms with Gasteiger partial charge in [-0.1, -0.05) is 6.92 Å². The molecule has 2 unspecified atom stereocenters. The van der Waals surface area contributed by atoms with E-state index in [1.165, 1.54) is 6.20 Å². The second-order valence-electron chi connectivity index (χ2n) is 8.05. The quantitative estimate of drug-likeness (QED) is 0.777. The van der Waals surface area contributed by atoms with Gasteiger partial charge in [-0.2, -0.15) is 5.10 Å². The van der Waals surface area contributed by atoms with E-state index in [0.717, 1.165) is 66.7 Å². The van der Waals surface area contributed by atoms with E-state index in [0.29, 0.717) is 24.9 Å². The van der Waals surface area contributed by atoms with Gasteiger partial charge in [0.25, 0.3) is 0 Å². The minimum atomic E-state index is -3.48. The maximum atomic E-state index is 13.1. The van der Waals surface area contributed by atoms with E-state index < -0.39 is 15.9 Å². The average molecular weight is 417 g/mol. The number of carbonyl (C=O) groups excluding carboxylic acids is 1. The molecule has 0 aromatic carbocycles. The zero-order valence-electron chi connectivity index (χ0n) is 16.3. The summed E-state index contributed by atoms with van der Waals surface area (Å²) in [5, 5.41) is 13.0. The van der Waals surface area contributed by atoms with Gasteiger partial charge >= 0.3 is 6.03 Å². The van der Waals surface area contributed by atoms with E-state index in [-0.39, 0.29) is 4.90 Å². The molecule has 0 radical (unpaired) electrons. The van der Waals surface area contributed by atoms with Crippen LogP contribution in [0.4, 0.5) is 10.5 Å². The molecular weight excluding hydrogens is 392 g/mol. The van der Waals surface area contributed by atoms with Crippen LogP contribution in [0.15, 0.2) is 15.5 Å². The number of nitrogens with one attached hydrogen (secondary N) is 1. The van der Waals surface area contributed by atoms with E-state index in [4.69, 9.17) is 14.9 Å². The van der Waals surface area contributed by atoms with Crippen molar-refractivity contribution < 1.29 is 13.7 Å². The van der Waals surface area contributed by atoms with E-state index >= 15 is 0 Å². The highest BCUT2D eigenvalue weighted by molar-refractivity contribution is 7.91. The van der Waals surface area contributed by atoms with Crippen LogP contribution in [-0.4, -0.2) is 31.6 Å². The van der Waals surface area contributed by atoms with Crippen LogP contribution in [0.5, 0.6) is 5.88 Å². The monoisotopic (exact) mass is 416 g/mol. The van der Waals surface area contributed by atoms with Crippen molar-refractivity contribution in [2.75, 3.05) is 11.9 Å². The Morgan fingerprint density at radius 2 is 1.97 bits per heavy atom. The molecule has 2 aromatic rings. The minimum Gasteiger partial charge on any atom is -0.477 e. The topological polar surface area (TPSA) is 124 Å². The minimum absolute atomic E-state index is 0.157. The Labute approximate surface area is 169 Å². The Balaban J connectivity index is 1.47. The SMILES string of the molecule is CC1COc2c(S(N)(=O)=NC(=O)Nc3c4c(nc5c3CCC5)CCC4)cnn2C1.